The van der Waals surface area contributed by atoms with Crippen molar-refractivity contribution in [3.8, 4) is 0 Å². The van der Waals surface area contributed by atoms with E-state index in [9.17, 15) is 4.79 Å². The Hall–Kier alpha value is -1.43. The molecule has 0 amide bonds. The van der Waals surface area contributed by atoms with E-state index in [2.05, 4.69) is 15.5 Å². The van der Waals surface area contributed by atoms with Gasteiger partial charge in [-0.15, -0.1) is 0 Å². The maximum Gasteiger partial charge on any atom is 0.320 e. The average Bonchev–Trinajstić information content (AvgIpc) is 2.62. The molecule has 15 heavy (non-hydrogen) atoms. The van der Waals surface area contributed by atoms with E-state index >= 15 is 0 Å². The van der Waals surface area contributed by atoms with Crippen LogP contribution in [0.1, 0.15) is 32.0 Å². The zero-order chi connectivity index (χ0) is 11.3. The predicted octanol–water partition coefficient (Wildman–Crippen LogP) is 0.585. The summed E-state index contributed by atoms with van der Waals surface area (Å²) in [5.41, 5.74) is 0. The molecule has 0 aromatic carbocycles. The molecular weight excluding hydrogens is 198 g/mol. The van der Waals surface area contributed by atoms with Crippen molar-refractivity contribution in [3.05, 3.63) is 11.7 Å². The smallest absolute Gasteiger partial charge is 0.320 e. The van der Waals surface area contributed by atoms with Crippen molar-refractivity contribution in [3.63, 3.8) is 0 Å². The summed E-state index contributed by atoms with van der Waals surface area (Å²) in [7, 11) is 0. The number of carbonyl (C=O) groups is 1. The third-order valence-electron chi connectivity index (χ3n) is 1.91. The minimum Gasteiger partial charge on any atom is -0.480 e. The minimum atomic E-state index is -0.896. The van der Waals surface area contributed by atoms with Gasteiger partial charge in [0.1, 0.15) is 6.04 Å². The van der Waals surface area contributed by atoms with Crippen LogP contribution in [0.4, 0.5) is 0 Å². The molecule has 84 valence electrons. The first-order chi connectivity index (χ1) is 7.13. The van der Waals surface area contributed by atoms with Crippen molar-refractivity contribution in [1.82, 2.24) is 15.5 Å². The summed E-state index contributed by atoms with van der Waals surface area (Å²) in [4.78, 5) is 14.6. The van der Waals surface area contributed by atoms with Crippen molar-refractivity contribution < 1.29 is 14.4 Å². The fourth-order valence-electron chi connectivity index (χ4n) is 1.01. The molecule has 1 aromatic heterocycles. The minimum absolute atomic E-state index is 0.306. The number of aliphatic carboxylic acids is 1. The van der Waals surface area contributed by atoms with Crippen molar-refractivity contribution in [2.24, 2.45) is 0 Å². The van der Waals surface area contributed by atoms with Crippen LogP contribution in [0.25, 0.3) is 0 Å². The van der Waals surface area contributed by atoms with Crippen LogP contribution in [0.15, 0.2) is 4.52 Å². The van der Waals surface area contributed by atoms with Crippen LogP contribution in [0.3, 0.4) is 0 Å². The summed E-state index contributed by atoms with van der Waals surface area (Å²) >= 11 is 0. The van der Waals surface area contributed by atoms with Crippen molar-refractivity contribution in [1.29, 1.82) is 0 Å². The number of carboxylic acid groups (broad SMARTS) is 1. The third-order valence-corrected chi connectivity index (χ3v) is 1.91. The van der Waals surface area contributed by atoms with Gasteiger partial charge in [-0.2, -0.15) is 4.98 Å². The second-order valence-electron chi connectivity index (χ2n) is 3.30. The molecule has 0 spiro atoms. The van der Waals surface area contributed by atoms with Gasteiger partial charge in [0.15, 0.2) is 5.82 Å². The Bertz CT molecular complexity index is 324. The molecule has 0 aliphatic rings. The number of rotatable bonds is 6. The maximum absolute atomic E-state index is 10.5. The molecule has 0 fully saturated rings. The quantitative estimate of drug-likeness (QED) is 0.718. The summed E-state index contributed by atoms with van der Waals surface area (Å²) in [6.07, 6.45) is 1.70. The van der Waals surface area contributed by atoms with E-state index in [1.807, 2.05) is 6.92 Å². The third kappa shape index (κ3) is 3.67. The second-order valence-corrected chi connectivity index (χ2v) is 3.30. The lowest BCUT2D eigenvalue weighted by Crippen LogP contribution is -2.33. The highest BCUT2D eigenvalue weighted by molar-refractivity contribution is 5.72. The number of carboxylic acids is 1. The van der Waals surface area contributed by atoms with Gasteiger partial charge in [-0.3, -0.25) is 10.1 Å². The molecule has 0 unspecified atom stereocenters. The van der Waals surface area contributed by atoms with E-state index in [-0.39, 0.29) is 0 Å². The van der Waals surface area contributed by atoms with E-state index in [1.165, 1.54) is 0 Å². The molecule has 2 N–H and O–H groups in total. The van der Waals surface area contributed by atoms with Crippen molar-refractivity contribution in [2.45, 2.75) is 39.3 Å². The number of aryl methyl sites for hydroxylation is 1. The zero-order valence-corrected chi connectivity index (χ0v) is 8.86. The zero-order valence-electron chi connectivity index (χ0n) is 8.86. The molecule has 6 nitrogen and oxygen atoms in total. The summed E-state index contributed by atoms with van der Waals surface area (Å²) in [5.74, 6) is 0.191. The van der Waals surface area contributed by atoms with Gasteiger partial charge in [0.25, 0.3) is 0 Å². The number of nitrogens with one attached hydrogen (secondary N) is 1. The van der Waals surface area contributed by atoms with Crippen LogP contribution in [0, 0.1) is 0 Å². The van der Waals surface area contributed by atoms with Crippen LogP contribution in [0.2, 0.25) is 0 Å². The van der Waals surface area contributed by atoms with Gasteiger partial charge >= 0.3 is 5.97 Å². The van der Waals surface area contributed by atoms with E-state index in [0.29, 0.717) is 18.3 Å². The first-order valence-electron chi connectivity index (χ1n) is 4.91. The fourth-order valence-corrected chi connectivity index (χ4v) is 1.01. The topological polar surface area (TPSA) is 88.2 Å². The average molecular weight is 213 g/mol. The van der Waals surface area contributed by atoms with Gasteiger partial charge in [0.2, 0.25) is 5.89 Å². The van der Waals surface area contributed by atoms with Gasteiger partial charge in [-0.05, 0) is 13.3 Å². The molecule has 1 aromatic rings. The molecule has 1 heterocycles. The Morgan fingerprint density at radius 1 is 1.67 bits per heavy atom. The normalized spacial score (nSPS) is 12.7. The van der Waals surface area contributed by atoms with Gasteiger partial charge in [-0.25, -0.2) is 0 Å². The molecule has 0 saturated heterocycles. The molecule has 0 aliphatic carbocycles. The molecule has 0 saturated carbocycles. The van der Waals surface area contributed by atoms with Crippen LogP contribution in [-0.2, 0) is 17.8 Å². The summed E-state index contributed by atoms with van der Waals surface area (Å²) in [6.45, 7) is 3.89. The Labute approximate surface area is 87.7 Å². The lowest BCUT2D eigenvalue weighted by atomic mass is 10.3. The number of hydrogen-bond donors (Lipinski definition) is 2. The van der Waals surface area contributed by atoms with Crippen molar-refractivity contribution >= 4 is 5.97 Å². The first kappa shape index (κ1) is 11.6. The van der Waals surface area contributed by atoms with Crippen LogP contribution in [-0.4, -0.2) is 27.3 Å². The van der Waals surface area contributed by atoms with Crippen LogP contribution >= 0.6 is 0 Å². The molecule has 1 atom stereocenters. The highest BCUT2D eigenvalue weighted by Crippen LogP contribution is 2.00. The predicted molar refractivity (Wildman–Crippen MR) is 52.2 cm³/mol. The Balaban J connectivity index is 2.40. The van der Waals surface area contributed by atoms with Crippen LogP contribution < -0.4 is 5.32 Å². The van der Waals surface area contributed by atoms with E-state index in [0.717, 1.165) is 12.8 Å². The Morgan fingerprint density at radius 2 is 2.40 bits per heavy atom. The summed E-state index contributed by atoms with van der Waals surface area (Å²) < 4.78 is 4.95. The summed E-state index contributed by atoms with van der Waals surface area (Å²) in [6, 6.07) is -0.613. The van der Waals surface area contributed by atoms with Gasteiger partial charge in [0.05, 0.1) is 6.54 Å². The molecular formula is C9H15N3O3. The Morgan fingerprint density at radius 3 is 3.00 bits per heavy atom. The molecule has 6 heteroatoms. The summed E-state index contributed by atoms with van der Waals surface area (Å²) in [5, 5.41) is 15.1. The van der Waals surface area contributed by atoms with Gasteiger partial charge < -0.3 is 9.63 Å². The number of nitrogens with zero attached hydrogens (tertiary/aromatic N) is 2. The van der Waals surface area contributed by atoms with E-state index in [1.54, 1.807) is 6.92 Å². The second kappa shape index (κ2) is 5.45. The largest absolute Gasteiger partial charge is 0.480 e. The first-order valence-corrected chi connectivity index (χ1v) is 4.91. The van der Waals surface area contributed by atoms with Crippen molar-refractivity contribution in [2.75, 3.05) is 0 Å². The van der Waals surface area contributed by atoms with Gasteiger partial charge in [0, 0.05) is 6.42 Å². The van der Waals surface area contributed by atoms with E-state index < -0.39 is 12.0 Å². The highest BCUT2D eigenvalue weighted by Gasteiger charge is 2.11. The molecule has 1 rings (SSSR count). The van der Waals surface area contributed by atoms with Crippen LogP contribution in [0.5, 0.6) is 0 Å². The van der Waals surface area contributed by atoms with Gasteiger partial charge in [-0.1, -0.05) is 12.1 Å². The number of aromatic nitrogens is 2. The lowest BCUT2D eigenvalue weighted by molar-refractivity contribution is -0.139. The Kier molecular flexibility index (Phi) is 4.23. The lowest BCUT2D eigenvalue weighted by Gasteiger charge is -2.05. The maximum atomic E-state index is 10.5. The SMILES string of the molecule is CCCc1nc(CN[C@H](C)C(=O)O)no1. The monoisotopic (exact) mass is 213 g/mol. The van der Waals surface area contributed by atoms with E-state index in [4.69, 9.17) is 9.63 Å². The highest BCUT2D eigenvalue weighted by atomic mass is 16.5. The standard InChI is InChI=1S/C9H15N3O3/c1-3-4-8-11-7(12-15-8)5-10-6(2)9(13)14/h6,10H,3-5H2,1-2H3,(H,13,14)/t6-/m1/s1. The fraction of sp³-hybridized carbons (Fsp3) is 0.667. The molecule has 0 radical (unpaired) electrons. The molecule has 0 aliphatic heterocycles. The number of hydrogen-bond acceptors (Lipinski definition) is 5. The molecule has 0 bridgehead atoms.